The van der Waals surface area contributed by atoms with Gasteiger partial charge in [0.25, 0.3) is 20.2 Å². The maximum Gasteiger partial charge on any atom is 0.264 e. The molecule has 33 heavy (non-hydrogen) atoms. The van der Waals surface area contributed by atoms with E-state index in [1.165, 1.54) is 11.3 Å². The molecule has 0 unspecified atom stereocenters. The molecule has 0 bridgehead atoms. The molecule has 2 aromatic rings. The van der Waals surface area contributed by atoms with Gasteiger partial charge in [-0.15, -0.1) is 0 Å². The van der Waals surface area contributed by atoms with E-state index < -0.39 is 20.2 Å². The first-order chi connectivity index (χ1) is 15.3. The smallest absolute Gasteiger partial charge is 0.264 e. The van der Waals surface area contributed by atoms with E-state index in [-0.39, 0.29) is 11.5 Å². The number of hydrogen-bond acceptors (Lipinski definition) is 5. The van der Waals surface area contributed by atoms with Crippen LogP contribution in [0.3, 0.4) is 0 Å². The Balaban J connectivity index is 1.89. The van der Waals surface area contributed by atoms with Crippen LogP contribution in [0.15, 0.2) is 36.0 Å². The Morgan fingerprint density at radius 1 is 0.879 bits per heavy atom. The van der Waals surface area contributed by atoms with Crippen molar-refractivity contribution in [3.05, 3.63) is 41.6 Å². The van der Waals surface area contributed by atoms with Crippen LogP contribution in [0.25, 0.3) is 16.3 Å². The molecule has 0 aliphatic carbocycles. The number of fused-ring (bicyclic) bond motifs is 3. The number of unbranched alkanes of at least 4 members (excludes halogenated alkanes) is 2. The highest BCUT2D eigenvalue weighted by atomic mass is 32.2. The van der Waals surface area contributed by atoms with Gasteiger partial charge in [-0.3, -0.25) is 13.6 Å². The maximum absolute atomic E-state index is 11.1. The van der Waals surface area contributed by atoms with Crippen molar-refractivity contribution < 1.29 is 30.7 Å². The lowest BCUT2D eigenvalue weighted by Crippen LogP contribution is -2.36. The highest BCUT2D eigenvalue weighted by Gasteiger charge is 2.38. The minimum atomic E-state index is -3.97. The van der Waals surface area contributed by atoms with E-state index in [2.05, 4.69) is 27.1 Å². The Labute approximate surface area is 196 Å². The van der Waals surface area contributed by atoms with Gasteiger partial charge in [-0.25, -0.2) is 0 Å². The summed E-state index contributed by atoms with van der Waals surface area (Å²) in [5, 5.41) is 2.01. The Kier molecular flexibility index (Phi) is 7.55. The number of benzene rings is 2. The van der Waals surface area contributed by atoms with Crippen molar-refractivity contribution in [1.82, 2.24) is 4.48 Å². The molecule has 0 amide bonds. The third-order valence-electron chi connectivity index (χ3n) is 6.30. The summed E-state index contributed by atoms with van der Waals surface area (Å²) >= 11 is 0. The lowest BCUT2D eigenvalue weighted by Gasteiger charge is -2.26. The van der Waals surface area contributed by atoms with Crippen LogP contribution in [-0.2, 0) is 20.2 Å². The van der Waals surface area contributed by atoms with Crippen molar-refractivity contribution in [2.45, 2.75) is 39.0 Å². The van der Waals surface area contributed by atoms with Crippen LogP contribution < -0.4 is 9.22 Å². The fourth-order valence-electron chi connectivity index (χ4n) is 4.37. The third kappa shape index (κ3) is 6.13. The summed E-state index contributed by atoms with van der Waals surface area (Å²) in [6.07, 6.45) is 2.56. The number of ether oxygens (including phenoxy) is 1. The molecule has 0 saturated carbocycles. The van der Waals surface area contributed by atoms with E-state index in [0.717, 1.165) is 27.8 Å². The van der Waals surface area contributed by atoms with E-state index in [4.69, 9.17) is 13.8 Å². The van der Waals surface area contributed by atoms with Crippen LogP contribution >= 0.6 is 0 Å². The molecule has 1 aliphatic rings. The molecule has 0 fully saturated rings. The quantitative estimate of drug-likeness (QED) is 0.270. The zero-order chi connectivity index (χ0) is 24.4. The van der Waals surface area contributed by atoms with Gasteiger partial charge in [-0.05, 0) is 37.5 Å². The van der Waals surface area contributed by atoms with E-state index in [1.54, 1.807) is 0 Å². The number of allylic oxidation sites excluding steroid dienone is 2. The minimum Gasteiger partial charge on any atom is -0.493 e. The van der Waals surface area contributed by atoms with Crippen molar-refractivity contribution in [2.75, 3.05) is 32.2 Å². The number of nitrogens with zero attached hydrogens (tertiary/aromatic N) is 1. The Morgan fingerprint density at radius 3 is 2.06 bits per heavy atom. The molecule has 0 aromatic heterocycles. The molecule has 0 radical (unpaired) electrons. The predicted molar refractivity (Wildman–Crippen MR) is 132 cm³/mol. The molecule has 0 atom stereocenters. The van der Waals surface area contributed by atoms with Gasteiger partial charge >= 0.3 is 0 Å². The fraction of sp³-hybridized carbons (Fsp3) is 0.478. The van der Waals surface area contributed by atoms with Crippen LogP contribution in [0.5, 0.6) is 5.75 Å². The normalized spacial score (nSPS) is 15.8. The van der Waals surface area contributed by atoms with E-state index in [9.17, 15) is 16.8 Å². The molecule has 182 valence electrons. The second kappa shape index (κ2) is 9.71. The highest BCUT2D eigenvalue weighted by molar-refractivity contribution is 7.86. The van der Waals surface area contributed by atoms with Crippen molar-refractivity contribution in [1.29, 1.82) is 0 Å². The van der Waals surface area contributed by atoms with Gasteiger partial charge in [0.15, 0.2) is 0 Å². The minimum absolute atomic E-state index is 0.241. The third-order valence-corrected chi connectivity index (χ3v) is 7.91. The SMILES string of the molecule is CC1=C(CCCCS(=O)(=O)O)c2c(cc(OCCCCS(=O)(=O)O)c3ccccc23)[N+]1(C)C. The highest BCUT2D eigenvalue weighted by Crippen LogP contribution is 2.50. The van der Waals surface area contributed by atoms with Crippen LogP contribution in [0, 0.1) is 0 Å². The van der Waals surface area contributed by atoms with Crippen LogP contribution in [-0.4, -0.2) is 58.1 Å². The molecule has 3 rings (SSSR count). The summed E-state index contributed by atoms with van der Waals surface area (Å²) in [5.74, 6) is 0.202. The maximum atomic E-state index is 11.1. The van der Waals surface area contributed by atoms with Crippen molar-refractivity contribution in [3.63, 3.8) is 0 Å². The fourth-order valence-corrected chi connectivity index (χ4v) is 5.50. The number of hydrogen-bond donors (Lipinski definition) is 2. The molecule has 2 N–H and O–H groups in total. The molecular formula is C23H32NO7S2+. The molecule has 10 heteroatoms. The lowest BCUT2D eigenvalue weighted by atomic mass is 9.94. The summed E-state index contributed by atoms with van der Waals surface area (Å²) in [6.45, 7) is 2.42. The van der Waals surface area contributed by atoms with Gasteiger partial charge in [-0.1, -0.05) is 24.3 Å². The molecule has 1 aliphatic heterocycles. The zero-order valence-corrected chi connectivity index (χ0v) is 20.9. The second-order valence-electron chi connectivity index (χ2n) is 8.92. The molecule has 1 heterocycles. The summed E-state index contributed by atoms with van der Waals surface area (Å²) in [7, 11) is -3.73. The van der Waals surface area contributed by atoms with Crippen molar-refractivity contribution in [2.24, 2.45) is 0 Å². The Hall–Kier alpha value is -1.98. The molecule has 2 aromatic carbocycles. The van der Waals surface area contributed by atoms with Crippen LogP contribution in [0.1, 0.15) is 44.6 Å². The zero-order valence-electron chi connectivity index (χ0n) is 19.2. The largest absolute Gasteiger partial charge is 0.493 e. The lowest BCUT2D eigenvalue weighted by molar-refractivity contribution is 0.312. The standard InChI is InChI=1S/C23H31NO7S2/c1-17-18(10-6-8-14-32(25,26)27)23-20-12-5-4-11-19(20)22(16-21(23)24(17,2)3)31-13-7-9-15-33(28,29)30/h4-5,11-12,16H,6-10,13-15H2,1-3H3,(H-,25,26,27,28,29,30)/p+1. The van der Waals surface area contributed by atoms with E-state index in [1.807, 2.05) is 24.3 Å². The first-order valence-electron chi connectivity index (χ1n) is 11.0. The average molecular weight is 499 g/mol. The van der Waals surface area contributed by atoms with Crippen molar-refractivity contribution >= 4 is 42.3 Å². The molecular weight excluding hydrogens is 466 g/mol. The summed E-state index contributed by atoms with van der Waals surface area (Å²) in [5.41, 5.74) is 4.58. The van der Waals surface area contributed by atoms with E-state index in [0.29, 0.717) is 43.2 Å². The summed E-state index contributed by atoms with van der Waals surface area (Å²) in [4.78, 5) is 0. The molecule has 8 nitrogen and oxygen atoms in total. The second-order valence-corrected chi connectivity index (χ2v) is 12.1. The molecule has 0 saturated heterocycles. The topological polar surface area (TPSA) is 118 Å². The molecule has 0 spiro atoms. The predicted octanol–water partition coefficient (Wildman–Crippen LogP) is 4.26. The summed E-state index contributed by atoms with van der Waals surface area (Å²) in [6, 6.07) is 10.00. The summed E-state index contributed by atoms with van der Waals surface area (Å²) < 4.78 is 68.5. The van der Waals surface area contributed by atoms with Gasteiger partial charge < -0.3 is 4.74 Å². The van der Waals surface area contributed by atoms with Gasteiger partial charge in [0.05, 0.1) is 37.8 Å². The van der Waals surface area contributed by atoms with Crippen LogP contribution in [0.4, 0.5) is 5.69 Å². The van der Waals surface area contributed by atoms with Gasteiger partial charge in [0.2, 0.25) is 0 Å². The number of quaternary nitrogens is 1. The van der Waals surface area contributed by atoms with Gasteiger partial charge in [-0.2, -0.15) is 16.8 Å². The van der Waals surface area contributed by atoms with Gasteiger partial charge in [0, 0.05) is 23.9 Å². The van der Waals surface area contributed by atoms with Gasteiger partial charge in [0.1, 0.15) is 17.1 Å². The Morgan fingerprint density at radius 2 is 1.45 bits per heavy atom. The first kappa shape index (κ1) is 25.6. The van der Waals surface area contributed by atoms with Crippen molar-refractivity contribution in [3.8, 4) is 5.75 Å². The van der Waals surface area contributed by atoms with Crippen LogP contribution in [0.2, 0.25) is 0 Å². The monoisotopic (exact) mass is 498 g/mol. The Bertz CT molecular complexity index is 1280. The number of rotatable bonds is 11. The average Bonchev–Trinajstić information content (AvgIpc) is 2.90. The first-order valence-corrected chi connectivity index (χ1v) is 14.2. The van der Waals surface area contributed by atoms with E-state index >= 15 is 0 Å².